The maximum absolute atomic E-state index is 13.2. The average Bonchev–Trinajstić information content (AvgIpc) is 3.18. The van der Waals surface area contributed by atoms with Crippen LogP contribution in [-0.2, 0) is 26.6 Å². The number of carbonyl (C=O) groups excluding carboxylic acids is 1. The molecule has 25 heavy (non-hydrogen) atoms. The van der Waals surface area contributed by atoms with Gasteiger partial charge in [0.2, 0.25) is 0 Å². The normalized spacial score (nSPS) is 18.0. The molecule has 6 heteroatoms. The summed E-state index contributed by atoms with van der Waals surface area (Å²) < 4.78 is 17.2. The lowest BCUT2D eigenvalue weighted by molar-refractivity contribution is -0.180. The minimum atomic E-state index is -1.37. The molecule has 0 unspecified atom stereocenters. The SMILES string of the molecule is CCOc1ccccc1CN1C(=O)C2(OCCO2)c2cc(Cl)ccc21. The first-order valence-electron chi connectivity index (χ1n) is 8.26. The van der Waals surface area contributed by atoms with Crippen LogP contribution in [-0.4, -0.2) is 25.7 Å². The summed E-state index contributed by atoms with van der Waals surface area (Å²) in [6.45, 7) is 3.62. The van der Waals surface area contributed by atoms with Crippen LogP contribution in [0.25, 0.3) is 0 Å². The molecule has 0 aromatic heterocycles. The van der Waals surface area contributed by atoms with Crippen LogP contribution in [0, 0.1) is 0 Å². The van der Waals surface area contributed by atoms with Gasteiger partial charge in [-0.15, -0.1) is 0 Å². The summed E-state index contributed by atoms with van der Waals surface area (Å²) in [7, 11) is 0. The lowest BCUT2D eigenvalue weighted by Gasteiger charge is -2.22. The third kappa shape index (κ3) is 2.59. The van der Waals surface area contributed by atoms with Gasteiger partial charge < -0.3 is 19.1 Å². The van der Waals surface area contributed by atoms with E-state index in [9.17, 15) is 4.79 Å². The topological polar surface area (TPSA) is 48.0 Å². The molecule has 0 atom stereocenters. The first kappa shape index (κ1) is 16.4. The quantitative estimate of drug-likeness (QED) is 0.838. The Morgan fingerprint density at radius 3 is 2.72 bits per heavy atom. The molecule has 0 radical (unpaired) electrons. The van der Waals surface area contributed by atoms with Crippen molar-refractivity contribution in [3.05, 3.63) is 58.6 Å². The second-order valence-electron chi connectivity index (χ2n) is 5.91. The molecule has 0 N–H and O–H groups in total. The molecule has 0 aliphatic carbocycles. The number of carbonyl (C=O) groups is 1. The van der Waals surface area contributed by atoms with Crippen molar-refractivity contribution in [2.45, 2.75) is 19.3 Å². The number of benzene rings is 2. The fourth-order valence-electron chi connectivity index (χ4n) is 3.36. The van der Waals surface area contributed by atoms with Crippen LogP contribution in [0.3, 0.4) is 0 Å². The van der Waals surface area contributed by atoms with Crippen molar-refractivity contribution >= 4 is 23.2 Å². The van der Waals surface area contributed by atoms with Crippen molar-refractivity contribution in [3.8, 4) is 5.75 Å². The zero-order valence-corrected chi connectivity index (χ0v) is 14.6. The van der Waals surface area contributed by atoms with Crippen LogP contribution in [0.1, 0.15) is 18.1 Å². The van der Waals surface area contributed by atoms with Crippen LogP contribution < -0.4 is 9.64 Å². The highest BCUT2D eigenvalue weighted by Crippen LogP contribution is 2.47. The maximum Gasteiger partial charge on any atom is 0.292 e. The standard InChI is InChI=1S/C19H18ClNO4/c1-2-23-17-6-4-3-5-13(17)12-21-16-8-7-14(20)11-15(16)19(18(21)22)24-9-10-25-19/h3-8,11H,2,9-10,12H2,1H3. The number of ether oxygens (including phenoxy) is 3. The van der Waals surface area contributed by atoms with E-state index >= 15 is 0 Å². The van der Waals surface area contributed by atoms with E-state index in [4.69, 9.17) is 25.8 Å². The summed E-state index contributed by atoms with van der Waals surface area (Å²) >= 11 is 6.15. The van der Waals surface area contributed by atoms with E-state index in [1.807, 2.05) is 37.3 Å². The Bertz CT molecular complexity index is 817. The van der Waals surface area contributed by atoms with Gasteiger partial charge in [-0.3, -0.25) is 4.79 Å². The summed E-state index contributed by atoms with van der Waals surface area (Å²) in [4.78, 5) is 14.8. The Kier molecular flexibility index (Phi) is 4.15. The molecule has 2 heterocycles. The summed E-state index contributed by atoms with van der Waals surface area (Å²) in [6, 6.07) is 13.0. The average molecular weight is 360 g/mol. The molecular formula is C19H18ClNO4. The number of rotatable bonds is 4. The number of amides is 1. The molecule has 0 bridgehead atoms. The molecule has 2 aliphatic heterocycles. The highest BCUT2D eigenvalue weighted by Gasteiger charge is 2.56. The largest absolute Gasteiger partial charge is 0.494 e. The van der Waals surface area contributed by atoms with Gasteiger partial charge in [0.1, 0.15) is 5.75 Å². The fourth-order valence-corrected chi connectivity index (χ4v) is 3.53. The lowest BCUT2D eigenvalue weighted by Crippen LogP contribution is -2.41. The van der Waals surface area contributed by atoms with E-state index in [0.717, 1.165) is 17.0 Å². The first-order chi connectivity index (χ1) is 12.2. The molecule has 0 saturated carbocycles. The van der Waals surface area contributed by atoms with E-state index in [1.54, 1.807) is 17.0 Å². The number of hydrogen-bond acceptors (Lipinski definition) is 4. The summed E-state index contributed by atoms with van der Waals surface area (Å²) in [5, 5.41) is 0.543. The predicted octanol–water partition coefficient (Wildman–Crippen LogP) is 3.49. The van der Waals surface area contributed by atoms with E-state index in [2.05, 4.69) is 0 Å². The Morgan fingerprint density at radius 2 is 1.96 bits per heavy atom. The Morgan fingerprint density at radius 1 is 1.20 bits per heavy atom. The van der Waals surface area contributed by atoms with Crippen LogP contribution in [0.4, 0.5) is 5.69 Å². The highest BCUT2D eigenvalue weighted by molar-refractivity contribution is 6.31. The third-order valence-electron chi connectivity index (χ3n) is 4.43. The summed E-state index contributed by atoms with van der Waals surface area (Å²) in [5.74, 6) is -0.836. The maximum atomic E-state index is 13.2. The van der Waals surface area contributed by atoms with Crippen LogP contribution in [0.5, 0.6) is 5.75 Å². The van der Waals surface area contributed by atoms with Crippen molar-refractivity contribution < 1.29 is 19.0 Å². The van der Waals surface area contributed by atoms with Gasteiger partial charge >= 0.3 is 0 Å². The Labute approximate surface area is 151 Å². The van der Waals surface area contributed by atoms with Gasteiger partial charge in [0, 0.05) is 16.1 Å². The van der Waals surface area contributed by atoms with Crippen LogP contribution in [0.2, 0.25) is 5.02 Å². The minimum Gasteiger partial charge on any atom is -0.494 e. The number of anilines is 1. The first-order valence-corrected chi connectivity index (χ1v) is 8.64. The van der Waals surface area contributed by atoms with Gasteiger partial charge in [0.15, 0.2) is 0 Å². The smallest absolute Gasteiger partial charge is 0.292 e. The summed E-state index contributed by atoms with van der Waals surface area (Å²) in [5.41, 5.74) is 2.34. The Balaban J connectivity index is 1.75. The van der Waals surface area contributed by atoms with Crippen molar-refractivity contribution in [1.29, 1.82) is 0 Å². The number of fused-ring (bicyclic) bond motifs is 2. The predicted molar refractivity (Wildman–Crippen MR) is 93.8 cm³/mol. The van der Waals surface area contributed by atoms with E-state index in [0.29, 0.717) is 37.0 Å². The van der Waals surface area contributed by atoms with Crippen molar-refractivity contribution in [3.63, 3.8) is 0 Å². The number of para-hydroxylation sites is 1. The number of hydrogen-bond donors (Lipinski definition) is 0. The zero-order valence-electron chi connectivity index (χ0n) is 13.8. The molecule has 1 saturated heterocycles. The monoisotopic (exact) mass is 359 g/mol. The van der Waals surface area contributed by atoms with Crippen molar-refractivity contribution in [2.24, 2.45) is 0 Å². The van der Waals surface area contributed by atoms with Crippen LogP contribution in [0.15, 0.2) is 42.5 Å². The fraction of sp³-hybridized carbons (Fsp3) is 0.316. The van der Waals surface area contributed by atoms with E-state index < -0.39 is 5.79 Å². The molecular weight excluding hydrogens is 342 g/mol. The summed E-state index contributed by atoms with van der Waals surface area (Å²) in [6.07, 6.45) is 0. The van der Waals surface area contributed by atoms with E-state index in [1.165, 1.54) is 0 Å². The second-order valence-corrected chi connectivity index (χ2v) is 6.34. The highest BCUT2D eigenvalue weighted by atomic mass is 35.5. The molecule has 1 fully saturated rings. The second kappa shape index (κ2) is 6.33. The van der Waals surface area contributed by atoms with Crippen LogP contribution >= 0.6 is 11.6 Å². The van der Waals surface area contributed by atoms with Gasteiger partial charge in [-0.2, -0.15) is 0 Å². The molecule has 2 aliphatic rings. The molecule has 2 aromatic carbocycles. The Hall–Kier alpha value is -2.08. The molecule has 2 aromatic rings. The van der Waals surface area contributed by atoms with Crippen molar-refractivity contribution in [1.82, 2.24) is 0 Å². The molecule has 130 valence electrons. The van der Waals surface area contributed by atoms with Gasteiger partial charge in [0.05, 0.1) is 32.1 Å². The van der Waals surface area contributed by atoms with Gasteiger partial charge in [-0.25, -0.2) is 0 Å². The number of nitrogens with zero attached hydrogens (tertiary/aromatic N) is 1. The van der Waals surface area contributed by atoms with Gasteiger partial charge in [-0.1, -0.05) is 29.8 Å². The van der Waals surface area contributed by atoms with Gasteiger partial charge in [-0.05, 0) is 31.2 Å². The minimum absolute atomic E-state index is 0.228. The number of halogens is 1. The molecule has 1 amide bonds. The molecule has 4 rings (SSSR count). The van der Waals surface area contributed by atoms with Crippen molar-refractivity contribution in [2.75, 3.05) is 24.7 Å². The molecule has 1 spiro atoms. The lowest BCUT2D eigenvalue weighted by atomic mass is 10.1. The van der Waals surface area contributed by atoms with Gasteiger partial charge in [0.25, 0.3) is 11.7 Å². The van der Waals surface area contributed by atoms with E-state index in [-0.39, 0.29) is 5.91 Å². The molecule has 5 nitrogen and oxygen atoms in total. The zero-order chi connectivity index (χ0) is 17.4. The third-order valence-corrected chi connectivity index (χ3v) is 4.66.